The van der Waals surface area contributed by atoms with Gasteiger partial charge in [0.25, 0.3) is 0 Å². The number of rotatable bonds is 7. The fourth-order valence-electron chi connectivity index (χ4n) is 1.33. The van der Waals surface area contributed by atoms with Crippen LogP contribution in [0.15, 0.2) is 17.4 Å². The number of ether oxygens (including phenoxy) is 1. The Labute approximate surface area is 117 Å². The molecule has 0 atom stereocenters. The number of anilines is 1. The largest absolute Gasteiger partial charge is 0.463 e. The number of nitrogens with one attached hydrogen (secondary N) is 1. The van der Waals surface area contributed by atoms with Crippen LogP contribution >= 0.6 is 11.8 Å². The summed E-state index contributed by atoms with van der Waals surface area (Å²) in [6.45, 7) is 5.05. The molecule has 0 radical (unpaired) electrons. The van der Waals surface area contributed by atoms with Gasteiger partial charge in [-0.25, -0.2) is 14.8 Å². The SMILES string of the molecule is CCCNc1nc(SC)ncc1/C=C/C(=O)OCC. The van der Waals surface area contributed by atoms with Gasteiger partial charge in [-0.05, 0) is 25.7 Å². The van der Waals surface area contributed by atoms with Crippen molar-refractivity contribution in [1.29, 1.82) is 0 Å². The van der Waals surface area contributed by atoms with Crippen LogP contribution in [0.3, 0.4) is 0 Å². The molecule has 0 amide bonds. The number of hydrogen-bond acceptors (Lipinski definition) is 6. The van der Waals surface area contributed by atoms with Crippen molar-refractivity contribution < 1.29 is 9.53 Å². The molecule has 0 unspecified atom stereocenters. The molecule has 0 spiro atoms. The van der Waals surface area contributed by atoms with Crippen LogP contribution in [0.4, 0.5) is 5.82 Å². The second-order valence-electron chi connectivity index (χ2n) is 3.67. The maximum absolute atomic E-state index is 11.3. The lowest BCUT2D eigenvalue weighted by molar-refractivity contribution is -0.137. The number of thioether (sulfide) groups is 1. The number of nitrogens with zero attached hydrogens (tertiary/aromatic N) is 2. The Morgan fingerprint density at radius 1 is 1.53 bits per heavy atom. The predicted molar refractivity (Wildman–Crippen MR) is 78.3 cm³/mol. The zero-order chi connectivity index (χ0) is 14.1. The molecule has 104 valence electrons. The van der Waals surface area contributed by atoms with E-state index in [4.69, 9.17) is 4.74 Å². The summed E-state index contributed by atoms with van der Waals surface area (Å²) in [4.78, 5) is 19.9. The van der Waals surface area contributed by atoms with E-state index in [0.29, 0.717) is 11.8 Å². The van der Waals surface area contributed by atoms with E-state index in [1.807, 2.05) is 6.26 Å². The normalized spacial score (nSPS) is 10.7. The van der Waals surface area contributed by atoms with Gasteiger partial charge >= 0.3 is 5.97 Å². The minimum Gasteiger partial charge on any atom is -0.463 e. The first kappa shape index (κ1) is 15.5. The number of carbonyl (C=O) groups is 1. The minimum absolute atomic E-state index is 0.363. The molecule has 1 aromatic rings. The van der Waals surface area contributed by atoms with Crippen molar-refractivity contribution >= 4 is 29.6 Å². The molecular formula is C13H19N3O2S. The van der Waals surface area contributed by atoms with E-state index < -0.39 is 0 Å². The molecule has 0 bridgehead atoms. The zero-order valence-electron chi connectivity index (χ0n) is 11.5. The third-order valence-corrected chi connectivity index (χ3v) is 2.77. The van der Waals surface area contributed by atoms with Gasteiger partial charge in [0.15, 0.2) is 5.16 Å². The van der Waals surface area contributed by atoms with Gasteiger partial charge in [0, 0.05) is 24.4 Å². The van der Waals surface area contributed by atoms with Crippen LogP contribution in [0.5, 0.6) is 0 Å². The van der Waals surface area contributed by atoms with E-state index >= 15 is 0 Å². The van der Waals surface area contributed by atoms with Crippen molar-refractivity contribution in [2.45, 2.75) is 25.4 Å². The van der Waals surface area contributed by atoms with Crippen molar-refractivity contribution in [1.82, 2.24) is 9.97 Å². The summed E-state index contributed by atoms with van der Waals surface area (Å²) in [7, 11) is 0. The Bertz CT molecular complexity index is 450. The van der Waals surface area contributed by atoms with E-state index in [2.05, 4.69) is 22.2 Å². The van der Waals surface area contributed by atoms with Crippen molar-refractivity contribution in [2.24, 2.45) is 0 Å². The minimum atomic E-state index is -0.363. The van der Waals surface area contributed by atoms with Gasteiger partial charge in [-0.2, -0.15) is 0 Å². The highest BCUT2D eigenvalue weighted by Gasteiger charge is 2.05. The average Bonchev–Trinajstić information content (AvgIpc) is 2.43. The van der Waals surface area contributed by atoms with Crippen LogP contribution in [0.2, 0.25) is 0 Å². The van der Waals surface area contributed by atoms with Gasteiger partial charge in [-0.15, -0.1) is 0 Å². The summed E-state index contributed by atoms with van der Waals surface area (Å²) in [6.07, 6.45) is 7.68. The van der Waals surface area contributed by atoms with Gasteiger partial charge < -0.3 is 10.1 Å². The molecule has 0 aliphatic rings. The molecule has 6 heteroatoms. The van der Waals surface area contributed by atoms with Gasteiger partial charge in [0.2, 0.25) is 0 Å². The van der Waals surface area contributed by atoms with Crippen molar-refractivity contribution in [3.63, 3.8) is 0 Å². The number of esters is 1. The molecule has 5 nitrogen and oxygen atoms in total. The molecule has 1 N–H and O–H groups in total. The Balaban J connectivity index is 2.88. The highest BCUT2D eigenvalue weighted by Crippen LogP contribution is 2.17. The first-order valence-electron chi connectivity index (χ1n) is 6.21. The molecule has 1 rings (SSSR count). The van der Waals surface area contributed by atoms with E-state index in [-0.39, 0.29) is 5.97 Å². The van der Waals surface area contributed by atoms with Gasteiger partial charge in [0.1, 0.15) is 5.82 Å². The van der Waals surface area contributed by atoms with E-state index in [1.54, 1.807) is 19.2 Å². The Morgan fingerprint density at radius 2 is 2.32 bits per heavy atom. The first-order valence-corrected chi connectivity index (χ1v) is 7.43. The van der Waals surface area contributed by atoms with E-state index in [0.717, 1.165) is 24.3 Å². The third kappa shape index (κ3) is 5.30. The smallest absolute Gasteiger partial charge is 0.330 e. The third-order valence-electron chi connectivity index (χ3n) is 2.21. The second kappa shape index (κ2) is 8.53. The standard InChI is InChI=1S/C13H19N3O2S/c1-4-8-14-12-10(6-7-11(17)18-5-2)9-15-13(16-12)19-3/h6-7,9H,4-5,8H2,1-3H3,(H,14,15,16)/b7-6+. The van der Waals surface area contributed by atoms with Gasteiger partial charge in [0.05, 0.1) is 6.61 Å². The summed E-state index contributed by atoms with van der Waals surface area (Å²) in [5.41, 5.74) is 0.777. The molecule has 0 aliphatic carbocycles. The van der Waals surface area contributed by atoms with Crippen LogP contribution in [0, 0.1) is 0 Å². The molecule has 1 aromatic heterocycles. The fourth-order valence-corrected chi connectivity index (χ4v) is 1.67. The van der Waals surface area contributed by atoms with Crippen LogP contribution in [-0.2, 0) is 9.53 Å². The number of carbonyl (C=O) groups excluding carboxylic acids is 1. The molecule has 0 fully saturated rings. The number of aromatic nitrogens is 2. The maximum Gasteiger partial charge on any atom is 0.330 e. The van der Waals surface area contributed by atoms with Crippen LogP contribution < -0.4 is 5.32 Å². The van der Waals surface area contributed by atoms with Crippen molar-refractivity contribution in [3.05, 3.63) is 17.8 Å². The van der Waals surface area contributed by atoms with E-state index in [1.165, 1.54) is 17.8 Å². The summed E-state index contributed by atoms with van der Waals surface area (Å²) < 4.78 is 4.84. The number of hydrogen-bond donors (Lipinski definition) is 1. The Kier molecular flexibility index (Phi) is 6.95. The Hall–Kier alpha value is -1.56. The topological polar surface area (TPSA) is 64.1 Å². The summed E-state index contributed by atoms with van der Waals surface area (Å²) >= 11 is 1.48. The molecule has 19 heavy (non-hydrogen) atoms. The maximum atomic E-state index is 11.3. The molecule has 0 saturated carbocycles. The molecule has 0 aromatic carbocycles. The molecular weight excluding hydrogens is 262 g/mol. The highest BCUT2D eigenvalue weighted by molar-refractivity contribution is 7.98. The van der Waals surface area contributed by atoms with Crippen LogP contribution in [-0.4, -0.2) is 35.3 Å². The highest BCUT2D eigenvalue weighted by atomic mass is 32.2. The predicted octanol–water partition coefficient (Wildman–Crippen LogP) is 2.60. The average molecular weight is 281 g/mol. The molecule has 0 aliphatic heterocycles. The lowest BCUT2D eigenvalue weighted by Crippen LogP contribution is -2.05. The quantitative estimate of drug-likeness (QED) is 0.359. The molecule has 1 heterocycles. The first-order chi connectivity index (χ1) is 9.21. The Morgan fingerprint density at radius 3 is 2.95 bits per heavy atom. The molecule has 0 saturated heterocycles. The summed E-state index contributed by atoms with van der Waals surface area (Å²) in [5, 5.41) is 3.93. The van der Waals surface area contributed by atoms with E-state index in [9.17, 15) is 4.79 Å². The van der Waals surface area contributed by atoms with Crippen molar-refractivity contribution in [3.8, 4) is 0 Å². The van der Waals surface area contributed by atoms with Crippen LogP contribution in [0.25, 0.3) is 6.08 Å². The fraction of sp³-hybridized carbons (Fsp3) is 0.462. The lowest BCUT2D eigenvalue weighted by Gasteiger charge is -2.08. The van der Waals surface area contributed by atoms with Crippen molar-refractivity contribution in [2.75, 3.05) is 24.7 Å². The summed E-state index contributed by atoms with van der Waals surface area (Å²) in [6, 6.07) is 0. The zero-order valence-corrected chi connectivity index (χ0v) is 12.3. The van der Waals surface area contributed by atoms with Gasteiger partial charge in [-0.1, -0.05) is 18.7 Å². The van der Waals surface area contributed by atoms with Crippen LogP contribution in [0.1, 0.15) is 25.8 Å². The lowest BCUT2D eigenvalue weighted by atomic mass is 10.2. The monoisotopic (exact) mass is 281 g/mol. The second-order valence-corrected chi connectivity index (χ2v) is 4.45. The summed E-state index contributed by atoms with van der Waals surface area (Å²) in [5.74, 6) is 0.375. The van der Waals surface area contributed by atoms with Gasteiger partial charge in [-0.3, -0.25) is 0 Å².